The molecule has 1 aliphatic rings. The highest BCUT2D eigenvalue weighted by Crippen LogP contribution is 2.34. The van der Waals surface area contributed by atoms with E-state index in [1.807, 2.05) is 18.2 Å². The topological polar surface area (TPSA) is 89.6 Å². The van der Waals surface area contributed by atoms with Crippen molar-refractivity contribution in [2.75, 3.05) is 20.8 Å². The Bertz CT molecular complexity index is 1170. The van der Waals surface area contributed by atoms with Gasteiger partial charge in [-0.15, -0.1) is 0 Å². The molecule has 1 amide bonds. The lowest BCUT2D eigenvalue weighted by Gasteiger charge is -2.19. The number of carbonyl (C=O) groups is 1. The van der Waals surface area contributed by atoms with E-state index in [2.05, 4.69) is 10.3 Å². The van der Waals surface area contributed by atoms with Gasteiger partial charge in [0.1, 0.15) is 22.8 Å². The second-order valence-electron chi connectivity index (χ2n) is 6.95. The van der Waals surface area contributed by atoms with E-state index in [0.29, 0.717) is 35.8 Å². The number of carbonyl (C=O) groups excluding carboxylic acids is 1. The predicted molar refractivity (Wildman–Crippen MR) is 114 cm³/mol. The Morgan fingerprint density at radius 1 is 1.23 bits per heavy atom. The first-order valence-electron chi connectivity index (χ1n) is 9.53. The monoisotopic (exact) mass is 428 g/mol. The molecule has 0 spiro atoms. The smallest absolute Gasteiger partial charge is 0.257 e. The van der Waals surface area contributed by atoms with Crippen molar-refractivity contribution in [2.24, 2.45) is 0 Å². The van der Waals surface area contributed by atoms with Gasteiger partial charge in [-0.1, -0.05) is 11.6 Å². The molecule has 1 unspecified atom stereocenters. The lowest BCUT2D eigenvalue weighted by atomic mass is 10.0. The Labute approximate surface area is 177 Å². The molecule has 1 aromatic heterocycles. The molecule has 0 aliphatic carbocycles. The summed E-state index contributed by atoms with van der Waals surface area (Å²) < 4.78 is 16.4. The summed E-state index contributed by atoms with van der Waals surface area (Å²) in [5.41, 5.74) is 0.787. The lowest BCUT2D eigenvalue weighted by molar-refractivity contribution is 0.0933. The number of rotatable bonds is 4. The molecule has 3 aromatic rings. The summed E-state index contributed by atoms with van der Waals surface area (Å²) in [5.74, 6) is 1.35. The van der Waals surface area contributed by atoms with Crippen molar-refractivity contribution in [1.82, 2.24) is 10.3 Å². The number of amides is 1. The first-order chi connectivity index (χ1) is 14.5. The van der Waals surface area contributed by atoms with E-state index >= 15 is 0 Å². The second-order valence-corrected chi connectivity index (χ2v) is 7.36. The van der Waals surface area contributed by atoms with Crippen LogP contribution in [0.15, 0.2) is 41.3 Å². The summed E-state index contributed by atoms with van der Waals surface area (Å²) in [5, 5.41) is 3.43. The number of ether oxygens (including phenoxy) is 3. The van der Waals surface area contributed by atoms with Crippen molar-refractivity contribution in [2.45, 2.75) is 18.9 Å². The van der Waals surface area contributed by atoms with Crippen molar-refractivity contribution in [1.29, 1.82) is 0 Å². The Balaban J connectivity index is 1.71. The average Bonchev–Trinajstić information content (AvgIpc) is 2.95. The van der Waals surface area contributed by atoms with Gasteiger partial charge in [0.15, 0.2) is 0 Å². The van der Waals surface area contributed by atoms with Gasteiger partial charge in [0, 0.05) is 11.8 Å². The molecule has 2 heterocycles. The third-order valence-electron chi connectivity index (χ3n) is 5.21. The average molecular weight is 429 g/mol. The molecule has 0 saturated carbocycles. The molecule has 0 bridgehead atoms. The molecule has 0 saturated heterocycles. The van der Waals surface area contributed by atoms with Crippen molar-refractivity contribution in [3.05, 3.63) is 62.9 Å². The van der Waals surface area contributed by atoms with Crippen LogP contribution in [0.4, 0.5) is 0 Å². The van der Waals surface area contributed by atoms with Gasteiger partial charge in [0.05, 0.1) is 42.8 Å². The Morgan fingerprint density at radius 3 is 2.83 bits per heavy atom. The summed E-state index contributed by atoms with van der Waals surface area (Å²) in [6.07, 6.45) is 2.82. The van der Waals surface area contributed by atoms with Gasteiger partial charge in [-0.3, -0.25) is 9.59 Å². The maximum Gasteiger partial charge on any atom is 0.257 e. The SMILES string of the molecule is COc1ccc2c(c1)C(NC(=O)c1c[nH]c3c(OC)ccc(Cl)c3c1=O)CCCO2. The molecule has 8 heteroatoms. The van der Waals surface area contributed by atoms with Crippen LogP contribution in [0.25, 0.3) is 10.9 Å². The number of aromatic amines is 1. The number of halogens is 1. The van der Waals surface area contributed by atoms with Crippen LogP contribution in [0.1, 0.15) is 34.8 Å². The molecular formula is C22H21ClN2O5. The van der Waals surface area contributed by atoms with Crippen LogP contribution in [0.5, 0.6) is 17.2 Å². The number of methoxy groups -OCH3 is 2. The lowest BCUT2D eigenvalue weighted by Crippen LogP contribution is -2.32. The van der Waals surface area contributed by atoms with Crippen molar-refractivity contribution in [3.63, 3.8) is 0 Å². The van der Waals surface area contributed by atoms with Crippen molar-refractivity contribution < 1.29 is 19.0 Å². The molecule has 2 aromatic carbocycles. The molecular weight excluding hydrogens is 408 g/mol. The van der Waals surface area contributed by atoms with Crippen molar-refractivity contribution in [3.8, 4) is 17.2 Å². The zero-order valence-corrected chi connectivity index (χ0v) is 17.3. The molecule has 0 fully saturated rings. The highest BCUT2D eigenvalue weighted by molar-refractivity contribution is 6.35. The summed E-state index contributed by atoms with van der Waals surface area (Å²) >= 11 is 6.24. The van der Waals surface area contributed by atoms with E-state index in [4.69, 9.17) is 25.8 Å². The van der Waals surface area contributed by atoms with Crippen molar-refractivity contribution >= 4 is 28.4 Å². The number of aromatic nitrogens is 1. The molecule has 4 rings (SSSR count). The number of hydrogen-bond donors (Lipinski definition) is 2. The van der Waals surface area contributed by atoms with Gasteiger partial charge in [0.25, 0.3) is 5.91 Å². The molecule has 1 aliphatic heterocycles. The van der Waals surface area contributed by atoms with Gasteiger partial charge in [-0.2, -0.15) is 0 Å². The quantitative estimate of drug-likeness (QED) is 0.659. The Hall–Kier alpha value is -3.19. The minimum absolute atomic E-state index is 0.0211. The molecule has 156 valence electrons. The maximum atomic E-state index is 13.0. The molecule has 1 atom stereocenters. The summed E-state index contributed by atoms with van der Waals surface area (Å²) in [6, 6.07) is 8.40. The summed E-state index contributed by atoms with van der Waals surface area (Å²) in [7, 11) is 3.08. The molecule has 7 nitrogen and oxygen atoms in total. The van der Waals surface area contributed by atoms with E-state index < -0.39 is 11.3 Å². The largest absolute Gasteiger partial charge is 0.497 e. The zero-order chi connectivity index (χ0) is 21.3. The molecule has 30 heavy (non-hydrogen) atoms. The third kappa shape index (κ3) is 3.57. The van der Waals surface area contributed by atoms with Crippen LogP contribution in [-0.2, 0) is 0 Å². The van der Waals surface area contributed by atoms with Gasteiger partial charge in [-0.05, 0) is 43.2 Å². The van der Waals surface area contributed by atoms with Crippen LogP contribution in [0, 0.1) is 0 Å². The highest BCUT2D eigenvalue weighted by Gasteiger charge is 2.25. The van der Waals surface area contributed by atoms with Gasteiger partial charge < -0.3 is 24.5 Å². The fraction of sp³-hybridized carbons (Fsp3) is 0.273. The van der Waals surface area contributed by atoms with E-state index in [-0.39, 0.29) is 22.0 Å². The Morgan fingerprint density at radius 2 is 2.07 bits per heavy atom. The number of hydrogen-bond acceptors (Lipinski definition) is 5. The standard InChI is InChI=1S/C22H21ClN2O5/c1-28-12-5-7-17-13(10-12)16(4-3-9-30-17)25-22(27)14-11-24-20-18(29-2)8-6-15(23)19(20)21(14)26/h5-8,10-11,16H,3-4,9H2,1-2H3,(H,24,26)(H,25,27). The fourth-order valence-corrected chi connectivity index (χ4v) is 3.92. The Kier molecular flexibility index (Phi) is 5.55. The maximum absolute atomic E-state index is 13.0. The first-order valence-corrected chi connectivity index (χ1v) is 9.90. The second kappa shape index (κ2) is 8.28. The van der Waals surface area contributed by atoms with Gasteiger partial charge in [0.2, 0.25) is 5.43 Å². The van der Waals surface area contributed by atoms with E-state index in [1.54, 1.807) is 19.2 Å². The number of benzene rings is 2. The summed E-state index contributed by atoms with van der Waals surface area (Å²) in [6.45, 7) is 0.553. The van der Waals surface area contributed by atoms with Crippen LogP contribution >= 0.6 is 11.6 Å². The van der Waals surface area contributed by atoms with Crippen LogP contribution < -0.4 is 25.0 Å². The number of nitrogens with one attached hydrogen (secondary N) is 2. The van der Waals surface area contributed by atoms with Gasteiger partial charge in [-0.25, -0.2) is 0 Å². The first kappa shape index (κ1) is 20.1. The van der Waals surface area contributed by atoms with Gasteiger partial charge >= 0.3 is 0 Å². The summed E-state index contributed by atoms with van der Waals surface area (Å²) in [4.78, 5) is 29.1. The minimum Gasteiger partial charge on any atom is -0.497 e. The molecule has 2 N–H and O–H groups in total. The zero-order valence-electron chi connectivity index (χ0n) is 16.6. The third-order valence-corrected chi connectivity index (χ3v) is 5.52. The van der Waals surface area contributed by atoms with E-state index in [0.717, 1.165) is 12.0 Å². The van der Waals surface area contributed by atoms with E-state index in [9.17, 15) is 9.59 Å². The van der Waals surface area contributed by atoms with Crippen LogP contribution in [-0.4, -0.2) is 31.7 Å². The predicted octanol–water partition coefficient (Wildman–Crippen LogP) is 3.84. The van der Waals surface area contributed by atoms with Crippen LogP contribution in [0.2, 0.25) is 5.02 Å². The van der Waals surface area contributed by atoms with E-state index in [1.165, 1.54) is 13.3 Å². The fourth-order valence-electron chi connectivity index (χ4n) is 3.68. The number of pyridine rings is 1. The normalized spacial score (nSPS) is 15.6. The number of H-pyrrole nitrogens is 1. The molecule has 0 radical (unpaired) electrons. The highest BCUT2D eigenvalue weighted by atomic mass is 35.5. The minimum atomic E-state index is -0.488. The number of fused-ring (bicyclic) bond motifs is 2. The van der Waals surface area contributed by atoms with Crippen LogP contribution in [0.3, 0.4) is 0 Å².